The zero-order valence-corrected chi connectivity index (χ0v) is 34.9. The summed E-state index contributed by atoms with van der Waals surface area (Å²) in [6.07, 6.45) is 8.29. The van der Waals surface area contributed by atoms with Crippen LogP contribution in [0.4, 0.5) is 17.1 Å². The topological polar surface area (TPSA) is 3.24 Å². The molecule has 1 nitrogen and oxygen atoms in total. The summed E-state index contributed by atoms with van der Waals surface area (Å²) in [6, 6.07) is 58.6. The first-order chi connectivity index (χ1) is 28.7. The van der Waals surface area contributed by atoms with Crippen molar-refractivity contribution in [1.29, 1.82) is 0 Å². The van der Waals surface area contributed by atoms with E-state index in [4.69, 9.17) is 0 Å². The van der Waals surface area contributed by atoms with Crippen LogP contribution in [0.2, 0.25) is 0 Å². The molecule has 2 bridgehead atoms. The first kappa shape index (κ1) is 34.5. The summed E-state index contributed by atoms with van der Waals surface area (Å²) in [5.74, 6) is 3.49. The van der Waals surface area contributed by atoms with Crippen LogP contribution in [0.5, 0.6) is 0 Å². The Bertz CT molecular complexity index is 2870. The van der Waals surface area contributed by atoms with Gasteiger partial charge in [0.25, 0.3) is 0 Å². The molecule has 6 unspecified atom stereocenters. The van der Waals surface area contributed by atoms with E-state index in [0.717, 1.165) is 23.7 Å². The normalized spacial score (nSPS) is 28.0. The van der Waals surface area contributed by atoms with Gasteiger partial charge < -0.3 is 4.90 Å². The van der Waals surface area contributed by atoms with Crippen LogP contribution in [-0.4, -0.2) is 0 Å². The minimum atomic E-state index is 0.163. The molecular weight excluding hydrogens is 711 g/mol. The third-order valence-corrected chi connectivity index (χ3v) is 17.4. The Morgan fingerprint density at radius 2 is 1.08 bits per heavy atom. The van der Waals surface area contributed by atoms with Crippen LogP contribution in [0, 0.1) is 29.1 Å². The van der Waals surface area contributed by atoms with Crippen LogP contribution < -0.4 is 4.90 Å². The number of benzene rings is 7. The van der Waals surface area contributed by atoms with E-state index in [1.807, 2.05) is 0 Å². The van der Waals surface area contributed by atoms with Gasteiger partial charge in [-0.25, -0.2) is 0 Å². The molecule has 13 rings (SSSR count). The fourth-order valence-electron chi connectivity index (χ4n) is 14.7. The molecule has 6 aliphatic rings. The SMILES string of the molecule is CC1(C)CCC(C)(C)c2cc(-c3ccc(N(c4ccc(-c5cccc6ccccc56)cc4)c4ccc5c(c4)C4(c6ccccc6-5)C5CC6CC7CC4C75C6)cc3)ccc21. The van der Waals surface area contributed by atoms with E-state index in [1.165, 1.54) is 111 Å². The zero-order chi connectivity index (χ0) is 39.5. The molecule has 0 saturated heterocycles. The van der Waals surface area contributed by atoms with Crippen molar-refractivity contribution in [2.75, 3.05) is 4.90 Å². The molecule has 0 radical (unpaired) electrons. The van der Waals surface area contributed by atoms with E-state index in [9.17, 15) is 0 Å². The Hall–Kier alpha value is -5.40. The lowest BCUT2D eigenvalue weighted by atomic mass is 9.27. The summed E-state index contributed by atoms with van der Waals surface area (Å²) < 4.78 is 0. The highest BCUT2D eigenvalue weighted by atomic mass is 15.1. The lowest BCUT2D eigenvalue weighted by Gasteiger charge is -2.76. The van der Waals surface area contributed by atoms with Crippen molar-refractivity contribution in [2.45, 2.75) is 82.5 Å². The van der Waals surface area contributed by atoms with Crippen molar-refractivity contribution in [3.8, 4) is 33.4 Å². The largest absolute Gasteiger partial charge is 0.310 e. The minimum absolute atomic E-state index is 0.163. The molecule has 1 heteroatoms. The first-order valence-corrected chi connectivity index (χ1v) is 22.6. The van der Waals surface area contributed by atoms with Gasteiger partial charge in [-0.1, -0.05) is 143 Å². The van der Waals surface area contributed by atoms with Gasteiger partial charge >= 0.3 is 0 Å². The van der Waals surface area contributed by atoms with Gasteiger partial charge in [-0.05, 0) is 181 Å². The molecule has 0 heterocycles. The maximum absolute atomic E-state index is 2.64. The summed E-state index contributed by atoms with van der Waals surface area (Å²) in [5.41, 5.74) is 19.2. The second-order valence-electron chi connectivity index (χ2n) is 20.8. The Morgan fingerprint density at radius 3 is 1.88 bits per heavy atom. The molecule has 7 aromatic rings. The van der Waals surface area contributed by atoms with Crippen LogP contribution >= 0.6 is 0 Å². The highest BCUT2D eigenvalue weighted by Gasteiger charge is 2.84. The molecule has 59 heavy (non-hydrogen) atoms. The fourth-order valence-corrected chi connectivity index (χ4v) is 14.7. The summed E-state index contributed by atoms with van der Waals surface area (Å²) in [6.45, 7) is 9.70. The zero-order valence-electron chi connectivity index (χ0n) is 34.9. The molecule has 290 valence electrons. The van der Waals surface area contributed by atoms with Crippen molar-refractivity contribution in [3.05, 3.63) is 174 Å². The number of hydrogen-bond donors (Lipinski definition) is 0. The average molecular weight is 764 g/mol. The quantitative estimate of drug-likeness (QED) is 0.169. The highest BCUT2D eigenvalue weighted by molar-refractivity contribution is 5.97. The van der Waals surface area contributed by atoms with E-state index in [2.05, 4.69) is 184 Å². The van der Waals surface area contributed by atoms with Gasteiger partial charge in [-0.15, -0.1) is 0 Å². The molecule has 0 N–H and O–H groups in total. The Kier molecular flexibility index (Phi) is 6.81. The molecule has 7 aromatic carbocycles. The monoisotopic (exact) mass is 763 g/mol. The number of anilines is 3. The number of fused-ring (bicyclic) bond motifs is 10. The Labute approximate surface area is 350 Å². The summed E-state index contributed by atoms with van der Waals surface area (Å²) in [5, 5.41) is 2.58. The minimum Gasteiger partial charge on any atom is -0.310 e. The summed E-state index contributed by atoms with van der Waals surface area (Å²) in [4.78, 5) is 2.53. The highest BCUT2D eigenvalue weighted by Crippen LogP contribution is 2.89. The van der Waals surface area contributed by atoms with Crippen LogP contribution in [-0.2, 0) is 16.2 Å². The summed E-state index contributed by atoms with van der Waals surface area (Å²) in [7, 11) is 0. The third kappa shape index (κ3) is 4.42. The van der Waals surface area contributed by atoms with Gasteiger partial charge in [0.1, 0.15) is 0 Å². The number of hydrogen-bond acceptors (Lipinski definition) is 1. The molecule has 4 saturated carbocycles. The molecule has 6 aliphatic carbocycles. The Morgan fingerprint density at radius 1 is 0.458 bits per heavy atom. The molecular formula is C58H53N. The first-order valence-electron chi connectivity index (χ1n) is 22.6. The van der Waals surface area contributed by atoms with E-state index < -0.39 is 0 Å². The summed E-state index contributed by atoms with van der Waals surface area (Å²) >= 11 is 0. The maximum atomic E-state index is 2.64. The smallest absolute Gasteiger partial charge is 0.0465 e. The second-order valence-corrected chi connectivity index (χ2v) is 20.8. The van der Waals surface area contributed by atoms with E-state index in [-0.39, 0.29) is 16.2 Å². The van der Waals surface area contributed by atoms with Gasteiger partial charge in [0, 0.05) is 22.5 Å². The molecule has 6 atom stereocenters. The van der Waals surface area contributed by atoms with Crippen LogP contribution in [0.25, 0.3) is 44.2 Å². The van der Waals surface area contributed by atoms with Gasteiger partial charge in [0.2, 0.25) is 0 Å². The average Bonchev–Trinajstić information content (AvgIpc) is 3.90. The standard InChI is InChI=1S/C58H53N/c1-55(2)28-29-56(3,4)52-32-40(20-27-50(52)55)37-16-21-42(22-17-37)59(43-23-18-39(19-24-43)46-14-9-11-38-10-5-6-12-45(38)46)44-25-26-48-47-13-7-8-15-49(47)58(51(48)34-44)53-31-36-30-41-33-54(58)57(41,53)35-36/h5-27,32,34,36,41,53-54H,28-31,33,35H2,1-4H3. The third-order valence-electron chi connectivity index (χ3n) is 17.4. The van der Waals surface area contributed by atoms with E-state index in [1.54, 1.807) is 11.1 Å². The van der Waals surface area contributed by atoms with Crippen molar-refractivity contribution >= 4 is 27.8 Å². The molecule has 0 aromatic heterocycles. The predicted octanol–water partition coefficient (Wildman–Crippen LogP) is 15.3. The molecule has 2 spiro atoms. The number of nitrogens with zero attached hydrogens (tertiary/aromatic N) is 1. The van der Waals surface area contributed by atoms with Gasteiger partial charge in [-0.3, -0.25) is 0 Å². The van der Waals surface area contributed by atoms with Crippen LogP contribution in [0.3, 0.4) is 0 Å². The van der Waals surface area contributed by atoms with Gasteiger partial charge in [0.05, 0.1) is 0 Å². The van der Waals surface area contributed by atoms with Crippen LogP contribution in [0.15, 0.2) is 152 Å². The molecule has 4 fully saturated rings. The second kappa shape index (κ2) is 11.7. The predicted molar refractivity (Wildman–Crippen MR) is 246 cm³/mol. The van der Waals surface area contributed by atoms with Crippen molar-refractivity contribution in [3.63, 3.8) is 0 Å². The van der Waals surface area contributed by atoms with Crippen LogP contribution in [0.1, 0.15) is 88.5 Å². The fraction of sp³-hybridized carbons (Fsp3) is 0.310. The molecule has 0 amide bonds. The van der Waals surface area contributed by atoms with Gasteiger partial charge in [0.15, 0.2) is 0 Å². The van der Waals surface area contributed by atoms with Crippen molar-refractivity contribution in [1.82, 2.24) is 0 Å². The lowest BCUT2D eigenvalue weighted by molar-refractivity contribution is -0.231. The molecule has 0 aliphatic heterocycles. The number of rotatable bonds is 5. The van der Waals surface area contributed by atoms with Crippen molar-refractivity contribution < 1.29 is 0 Å². The Balaban J connectivity index is 0.941. The lowest BCUT2D eigenvalue weighted by Crippen LogP contribution is -2.73. The maximum Gasteiger partial charge on any atom is 0.0465 e. The van der Waals surface area contributed by atoms with Gasteiger partial charge in [-0.2, -0.15) is 0 Å². The van der Waals surface area contributed by atoms with E-state index in [0.29, 0.717) is 5.41 Å². The van der Waals surface area contributed by atoms with E-state index >= 15 is 0 Å². The van der Waals surface area contributed by atoms with Crippen molar-refractivity contribution in [2.24, 2.45) is 29.1 Å².